The number of hydrogen-bond acceptors (Lipinski definition) is 3. The number of benzene rings is 2. The van der Waals surface area contributed by atoms with Gasteiger partial charge in [-0.1, -0.05) is 29.8 Å². The number of amides is 1. The van der Waals surface area contributed by atoms with Gasteiger partial charge in [-0.05, 0) is 29.8 Å². The van der Waals surface area contributed by atoms with Crippen molar-refractivity contribution in [3.8, 4) is 0 Å². The molecular weight excluding hydrogens is 426 g/mol. The van der Waals surface area contributed by atoms with Crippen molar-refractivity contribution in [3.63, 3.8) is 0 Å². The van der Waals surface area contributed by atoms with Crippen molar-refractivity contribution in [2.24, 2.45) is 0 Å². The van der Waals surface area contributed by atoms with Gasteiger partial charge in [0.05, 0.1) is 13.2 Å². The molecule has 3 aromatic rings. The number of aromatic nitrogens is 2. The highest BCUT2D eigenvalue weighted by molar-refractivity contribution is 6.31. The van der Waals surface area contributed by atoms with E-state index < -0.39 is 24.5 Å². The Kier molecular flexibility index (Phi) is 6.73. The zero-order valence-electron chi connectivity index (χ0n) is 15.4. The lowest BCUT2D eigenvalue weighted by atomic mass is 10.1. The van der Waals surface area contributed by atoms with Gasteiger partial charge in [0.1, 0.15) is 12.4 Å². The molecule has 0 aliphatic heterocycles. The maximum absolute atomic E-state index is 13.9. The zero-order chi connectivity index (χ0) is 21.7. The molecular formula is C20H16ClF4N3O2. The summed E-state index contributed by atoms with van der Waals surface area (Å²) in [5.74, 6) is -0.735. The number of nitrogens with one attached hydrogen (secondary N) is 1. The molecule has 0 unspecified atom stereocenters. The third-order valence-corrected chi connectivity index (χ3v) is 4.34. The molecule has 0 aliphatic rings. The fraction of sp³-hybridized carbons (Fsp3) is 0.200. The Labute approximate surface area is 174 Å². The molecule has 1 heterocycles. The molecule has 3 rings (SSSR count). The van der Waals surface area contributed by atoms with E-state index >= 15 is 0 Å². The average molecular weight is 442 g/mol. The topological polar surface area (TPSA) is 56.2 Å². The van der Waals surface area contributed by atoms with E-state index in [2.05, 4.69) is 15.2 Å². The molecule has 0 atom stereocenters. The quantitative estimate of drug-likeness (QED) is 0.522. The first-order valence-corrected chi connectivity index (χ1v) is 9.10. The van der Waals surface area contributed by atoms with Gasteiger partial charge in [-0.3, -0.25) is 9.48 Å². The molecule has 0 fully saturated rings. The van der Waals surface area contributed by atoms with Crippen molar-refractivity contribution in [1.29, 1.82) is 0 Å². The zero-order valence-corrected chi connectivity index (χ0v) is 16.2. The predicted octanol–water partition coefficient (Wildman–Crippen LogP) is 5.06. The number of carbonyl (C=O) groups is 1. The third-order valence-electron chi connectivity index (χ3n) is 3.99. The Balaban J connectivity index is 1.62. The van der Waals surface area contributed by atoms with Crippen molar-refractivity contribution in [2.75, 3.05) is 11.9 Å². The van der Waals surface area contributed by atoms with Gasteiger partial charge in [-0.25, -0.2) is 4.39 Å². The van der Waals surface area contributed by atoms with E-state index in [0.29, 0.717) is 5.56 Å². The van der Waals surface area contributed by atoms with Crippen LogP contribution in [0.2, 0.25) is 5.02 Å². The molecule has 10 heteroatoms. The minimum atomic E-state index is -4.42. The standard InChI is InChI=1S/C20H16ClF4N3O2/c21-16-5-2-6-17(22)15(16)10-28-8-7-18(27-28)26-19(29)14-4-1-3-13(9-14)11-30-12-20(23,24)25/h1-9H,10-12H2,(H,26,27,29). The minimum Gasteiger partial charge on any atom is -0.367 e. The summed E-state index contributed by atoms with van der Waals surface area (Å²) in [4.78, 5) is 12.4. The van der Waals surface area contributed by atoms with Crippen LogP contribution >= 0.6 is 11.6 Å². The normalized spacial score (nSPS) is 11.5. The largest absolute Gasteiger partial charge is 0.411 e. The van der Waals surface area contributed by atoms with E-state index in [0.717, 1.165) is 0 Å². The number of alkyl halides is 3. The van der Waals surface area contributed by atoms with Crippen LogP contribution in [0.15, 0.2) is 54.7 Å². The van der Waals surface area contributed by atoms with Crippen LogP contribution in [0.3, 0.4) is 0 Å². The fourth-order valence-electron chi connectivity index (χ4n) is 2.64. The Morgan fingerprint density at radius 1 is 1.17 bits per heavy atom. The summed E-state index contributed by atoms with van der Waals surface area (Å²) >= 11 is 6.00. The van der Waals surface area contributed by atoms with Crippen LogP contribution in [0.1, 0.15) is 21.5 Å². The van der Waals surface area contributed by atoms with Crippen LogP contribution < -0.4 is 5.32 Å². The first-order chi connectivity index (χ1) is 14.2. The number of halogens is 5. The average Bonchev–Trinajstić information content (AvgIpc) is 3.11. The summed E-state index contributed by atoms with van der Waals surface area (Å²) in [6, 6.07) is 11.9. The molecule has 158 valence electrons. The fourth-order valence-corrected chi connectivity index (χ4v) is 2.86. The van der Waals surface area contributed by atoms with Crippen molar-refractivity contribution in [1.82, 2.24) is 9.78 Å². The van der Waals surface area contributed by atoms with Gasteiger partial charge in [0.15, 0.2) is 5.82 Å². The number of hydrogen-bond donors (Lipinski definition) is 1. The number of rotatable bonds is 7. The number of anilines is 1. The third kappa shape index (κ3) is 6.04. The second kappa shape index (κ2) is 9.27. The summed E-state index contributed by atoms with van der Waals surface area (Å²) in [5.41, 5.74) is 0.924. The van der Waals surface area contributed by atoms with E-state index in [4.69, 9.17) is 11.6 Å². The second-order valence-corrected chi connectivity index (χ2v) is 6.77. The van der Waals surface area contributed by atoms with Crippen LogP contribution in [0.5, 0.6) is 0 Å². The van der Waals surface area contributed by atoms with Gasteiger partial charge < -0.3 is 10.1 Å². The molecule has 0 saturated heterocycles. The molecule has 1 aromatic heterocycles. The van der Waals surface area contributed by atoms with Gasteiger partial charge in [0.2, 0.25) is 0 Å². The summed E-state index contributed by atoms with van der Waals surface area (Å²) in [6.45, 7) is -1.57. The number of ether oxygens (including phenoxy) is 1. The highest BCUT2D eigenvalue weighted by Gasteiger charge is 2.27. The lowest BCUT2D eigenvalue weighted by molar-refractivity contribution is -0.176. The minimum absolute atomic E-state index is 0.0768. The number of nitrogens with zero attached hydrogens (tertiary/aromatic N) is 2. The molecule has 0 aliphatic carbocycles. The molecule has 0 bridgehead atoms. The second-order valence-electron chi connectivity index (χ2n) is 6.36. The van der Waals surface area contributed by atoms with Crippen molar-refractivity contribution in [2.45, 2.75) is 19.3 Å². The van der Waals surface area contributed by atoms with Crippen LogP contribution in [0.4, 0.5) is 23.4 Å². The Bertz CT molecular complexity index is 1020. The molecule has 1 amide bonds. The molecule has 30 heavy (non-hydrogen) atoms. The van der Waals surface area contributed by atoms with Gasteiger partial charge in [-0.2, -0.15) is 18.3 Å². The molecule has 0 spiro atoms. The van der Waals surface area contributed by atoms with Gasteiger partial charge in [-0.15, -0.1) is 0 Å². The Hall–Kier alpha value is -2.91. The summed E-state index contributed by atoms with van der Waals surface area (Å²) in [6.07, 6.45) is -2.86. The molecule has 2 aromatic carbocycles. The van der Waals surface area contributed by atoms with Crippen LogP contribution in [0, 0.1) is 5.82 Å². The first-order valence-electron chi connectivity index (χ1n) is 8.72. The van der Waals surface area contributed by atoms with Crippen molar-refractivity contribution in [3.05, 3.63) is 82.3 Å². The van der Waals surface area contributed by atoms with Crippen LogP contribution in [0.25, 0.3) is 0 Å². The molecule has 0 radical (unpaired) electrons. The highest BCUT2D eigenvalue weighted by atomic mass is 35.5. The molecule has 0 saturated carbocycles. The molecule has 1 N–H and O–H groups in total. The van der Waals surface area contributed by atoms with E-state index in [1.165, 1.54) is 35.0 Å². The summed E-state index contributed by atoms with van der Waals surface area (Å²) in [7, 11) is 0. The van der Waals surface area contributed by atoms with E-state index in [1.807, 2.05) is 0 Å². The summed E-state index contributed by atoms with van der Waals surface area (Å²) in [5, 5.41) is 7.01. The van der Waals surface area contributed by atoms with E-state index in [1.54, 1.807) is 24.4 Å². The number of carbonyl (C=O) groups excluding carboxylic acids is 1. The van der Waals surface area contributed by atoms with Gasteiger partial charge in [0, 0.05) is 28.4 Å². The van der Waals surface area contributed by atoms with E-state index in [-0.39, 0.29) is 35.1 Å². The lowest BCUT2D eigenvalue weighted by Crippen LogP contribution is -2.17. The van der Waals surface area contributed by atoms with Crippen molar-refractivity contribution < 1.29 is 27.1 Å². The monoisotopic (exact) mass is 441 g/mol. The highest BCUT2D eigenvalue weighted by Crippen LogP contribution is 2.20. The van der Waals surface area contributed by atoms with Gasteiger partial charge >= 0.3 is 6.18 Å². The molecule has 5 nitrogen and oxygen atoms in total. The smallest absolute Gasteiger partial charge is 0.367 e. The predicted molar refractivity (Wildman–Crippen MR) is 103 cm³/mol. The maximum atomic E-state index is 13.9. The van der Waals surface area contributed by atoms with Gasteiger partial charge in [0.25, 0.3) is 5.91 Å². The SMILES string of the molecule is O=C(Nc1ccn(Cc2c(F)cccc2Cl)n1)c1cccc(COCC(F)(F)F)c1. The summed E-state index contributed by atoms with van der Waals surface area (Å²) < 4.78 is 56.4. The van der Waals surface area contributed by atoms with Crippen molar-refractivity contribution >= 4 is 23.3 Å². The Morgan fingerprint density at radius 3 is 2.67 bits per heavy atom. The first kappa shape index (κ1) is 21.8. The Morgan fingerprint density at radius 2 is 1.93 bits per heavy atom. The van der Waals surface area contributed by atoms with Crippen LogP contribution in [-0.4, -0.2) is 28.5 Å². The van der Waals surface area contributed by atoms with Crippen LogP contribution in [-0.2, 0) is 17.9 Å². The van der Waals surface area contributed by atoms with E-state index in [9.17, 15) is 22.4 Å². The maximum Gasteiger partial charge on any atom is 0.411 e. The lowest BCUT2D eigenvalue weighted by Gasteiger charge is -2.09.